The lowest BCUT2D eigenvalue weighted by molar-refractivity contribution is 0.553. The lowest BCUT2D eigenvalue weighted by Crippen LogP contribution is -2.38. The highest BCUT2D eigenvalue weighted by atomic mass is 127. The van der Waals surface area contributed by atoms with Gasteiger partial charge in [-0.3, -0.25) is 14.5 Å². The molecule has 0 saturated carbocycles. The number of aryl methyl sites for hydroxylation is 4. The van der Waals surface area contributed by atoms with Crippen LogP contribution in [-0.4, -0.2) is 40.4 Å². The van der Waals surface area contributed by atoms with E-state index in [0.29, 0.717) is 0 Å². The minimum absolute atomic E-state index is 0. The van der Waals surface area contributed by atoms with Crippen molar-refractivity contribution in [3.8, 4) is 0 Å². The standard InChI is InChI=1S/C19H30N6O.HI/c1-16-15-17(2)25(23-16)14-8-11-22-19(20-3)21-10-5-7-13-24-12-6-4-9-18(24)26;/h4,6,9,12,15H,5,7-8,10-11,13-14H2,1-3H3,(H2,20,21,22);1H. The number of hydrogen-bond donors (Lipinski definition) is 2. The first-order valence-corrected chi connectivity index (χ1v) is 9.21. The third kappa shape index (κ3) is 8.15. The molecule has 2 rings (SSSR count). The summed E-state index contributed by atoms with van der Waals surface area (Å²) in [5.74, 6) is 0.815. The molecule has 0 amide bonds. The minimum Gasteiger partial charge on any atom is -0.356 e. The van der Waals surface area contributed by atoms with E-state index in [0.717, 1.165) is 57.1 Å². The minimum atomic E-state index is 0. The van der Waals surface area contributed by atoms with E-state index in [9.17, 15) is 4.79 Å². The highest BCUT2D eigenvalue weighted by molar-refractivity contribution is 14.0. The summed E-state index contributed by atoms with van der Waals surface area (Å²) in [7, 11) is 1.78. The Balaban J connectivity index is 0.00000364. The van der Waals surface area contributed by atoms with Crippen molar-refractivity contribution in [3.05, 3.63) is 52.2 Å². The van der Waals surface area contributed by atoms with Crippen molar-refractivity contribution in [3.63, 3.8) is 0 Å². The molecule has 0 aromatic carbocycles. The zero-order valence-electron chi connectivity index (χ0n) is 16.4. The van der Waals surface area contributed by atoms with Crippen LogP contribution in [0.25, 0.3) is 0 Å². The molecular formula is C19H31IN6O. The van der Waals surface area contributed by atoms with Crippen LogP contribution in [0.4, 0.5) is 0 Å². The average Bonchev–Trinajstić information content (AvgIpc) is 2.95. The summed E-state index contributed by atoms with van der Waals surface area (Å²) in [6.45, 7) is 7.42. The van der Waals surface area contributed by atoms with Gasteiger partial charge in [-0.15, -0.1) is 24.0 Å². The molecule has 0 radical (unpaired) electrons. The molecule has 2 aromatic heterocycles. The molecule has 150 valence electrons. The van der Waals surface area contributed by atoms with Crippen LogP contribution < -0.4 is 16.2 Å². The molecule has 27 heavy (non-hydrogen) atoms. The zero-order valence-corrected chi connectivity index (χ0v) is 18.8. The fourth-order valence-electron chi connectivity index (χ4n) is 2.82. The van der Waals surface area contributed by atoms with Gasteiger partial charge in [0.1, 0.15) is 0 Å². The van der Waals surface area contributed by atoms with Crippen molar-refractivity contribution >= 4 is 29.9 Å². The molecule has 0 saturated heterocycles. The molecule has 0 aliphatic carbocycles. The summed E-state index contributed by atoms with van der Waals surface area (Å²) < 4.78 is 3.78. The van der Waals surface area contributed by atoms with E-state index in [1.54, 1.807) is 23.7 Å². The average molecular weight is 486 g/mol. The number of aromatic nitrogens is 3. The largest absolute Gasteiger partial charge is 0.356 e. The number of aliphatic imine (C=N–C) groups is 1. The Kier molecular flexibility index (Phi) is 10.8. The highest BCUT2D eigenvalue weighted by Gasteiger charge is 2.01. The second-order valence-corrected chi connectivity index (χ2v) is 6.37. The summed E-state index contributed by atoms with van der Waals surface area (Å²) in [5, 5.41) is 11.1. The first kappa shape index (κ1) is 23.2. The first-order chi connectivity index (χ1) is 12.6. The normalized spacial score (nSPS) is 11.1. The molecule has 2 heterocycles. The molecule has 0 aliphatic heterocycles. The van der Waals surface area contributed by atoms with E-state index >= 15 is 0 Å². The third-order valence-corrected chi connectivity index (χ3v) is 4.18. The van der Waals surface area contributed by atoms with Crippen LogP contribution in [0.1, 0.15) is 30.7 Å². The van der Waals surface area contributed by atoms with Gasteiger partial charge in [0.25, 0.3) is 0 Å². The maximum absolute atomic E-state index is 11.6. The Hall–Kier alpha value is -1.84. The lowest BCUT2D eigenvalue weighted by Gasteiger charge is -2.12. The number of rotatable bonds is 9. The maximum Gasteiger partial charge on any atom is 0.250 e. The van der Waals surface area contributed by atoms with Gasteiger partial charge in [0, 0.05) is 51.2 Å². The van der Waals surface area contributed by atoms with Gasteiger partial charge in [-0.25, -0.2) is 0 Å². The van der Waals surface area contributed by atoms with Gasteiger partial charge in [0.05, 0.1) is 5.69 Å². The van der Waals surface area contributed by atoms with Gasteiger partial charge >= 0.3 is 0 Å². The molecular weight excluding hydrogens is 455 g/mol. The number of nitrogens with zero attached hydrogens (tertiary/aromatic N) is 4. The van der Waals surface area contributed by atoms with Crippen LogP contribution in [-0.2, 0) is 13.1 Å². The molecule has 2 N–H and O–H groups in total. The van der Waals surface area contributed by atoms with Gasteiger partial charge in [-0.05, 0) is 45.2 Å². The number of unbranched alkanes of at least 4 members (excludes halogenated alkanes) is 1. The van der Waals surface area contributed by atoms with Crippen LogP contribution in [0.2, 0.25) is 0 Å². The number of hydrogen-bond acceptors (Lipinski definition) is 3. The van der Waals surface area contributed by atoms with Crippen molar-refractivity contribution in [1.29, 1.82) is 0 Å². The van der Waals surface area contributed by atoms with E-state index in [1.807, 2.05) is 23.9 Å². The smallest absolute Gasteiger partial charge is 0.250 e. The molecule has 0 atom stereocenters. The Morgan fingerprint density at radius 2 is 1.85 bits per heavy atom. The molecule has 8 heteroatoms. The van der Waals surface area contributed by atoms with Crippen molar-refractivity contribution in [2.24, 2.45) is 4.99 Å². The van der Waals surface area contributed by atoms with Crippen LogP contribution in [0.5, 0.6) is 0 Å². The fraction of sp³-hybridized carbons (Fsp3) is 0.526. The summed E-state index contributed by atoms with van der Waals surface area (Å²) in [6.07, 6.45) is 4.75. The molecule has 2 aromatic rings. The Morgan fingerprint density at radius 1 is 1.11 bits per heavy atom. The van der Waals surface area contributed by atoms with Gasteiger partial charge in [-0.2, -0.15) is 5.10 Å². The Labute approximate surface area is 178 Å². The van der Waals surface area contributed by atoms with Crippen LogP contribution in [0.3, 0.4) is 0 Å². The first-order valence-electron chi connectivity index (χ1n) is 9.21. The molecule has 0 aliphatic rings. The van der Waals surface area contributed by atoms with Gasteiger partial charge in [-0.1, -0.05) is 6.07 Å². The SMILES string of the molecule is CN=C(NCCCCn1ccccc1=O)NCCCn1nc(C)cc1C.I. The van der Waals surface area contributed by atoms with Crippen LogP contribution >= 0.6 is 24.0 Å². The molecule has 0 spiro atoms. The Morgan fingerprint density at radius 3 is 2.48 bits per heavy atom. The summed E-state index contributed by atoms with van der Waals surface area (Å²) >= 11 is 0. The maximum atomic E-state index is 11.6. The summed E-state index contributed by atoms with van der Waals surface area (Å²) in [6, 6.07) is 7.34. The predicted molar refractivity (Wildman–Crippen MR) is 121 cm³/mol. The summed E-state index contributed by atoms with van der Waals surface area (Å²) in [5.41, 5.74) is 2.31. The molecule has 0 fully saturated rings. The van der Waals surface area contributed by atoms with E-state index < -0.39 is 0 Å². The second-order valence-electron chi connectivity index (χ2n) is 6.37. The van der Waals surface area contributed by atoms with Crippen molar-refractivity contribution in [1.82, 2.24) is 25.0 Å². The lowest BCUT2D eigenvalue weighted by atomic mass is 10.3. The number of nitrogens with one attached hydrogen (secondary N) is 2. The van der Waals surface area contributed by atoms with E-state index in [-0.39, 0.29) is 29.5 Å². The van der Waals surface area contributed by atoms with Crippen molar-refractivity contribution in [2.75, 3.05) is 20.1 Å². The number of halogens is 1. The molecule has 0 unspecified atom stereocenters. The van der Waals surface area contributed by atoms with Gasteiger partial charge in [0.15, 0.2) is 5.96 Å². The Bertz CT molecular complexity index is 768. The van der Waals surface area contributed by atoms with E-state index in [1.165, 1.54) is 5.69 Å². The second kappa shape index (κ2) is 12.5. The summed E-state index contributed by atoms with van der Waals surface area (Å²) in [4.78, 5) is 15.9. The molecule has 7 nitrogen and oxygen atoms in total. The quantitative estimate of drug-likeness (QED) is 0.247. The highest BCUT2D eigenvalue weighted by Crippen LogP contribution is 2.02. The van der Waals surface area contributed by atoms with E-state index in [4.69, 9.17) is 0 Å². The van der Waals surface area contributed by atoms with Crippen LogP contribution in [0, 0.1) is 13.8 Å². The van der Waals surface area contributed by atoms with Crippen molar-refractivity contribution in [2.45, 2.75) is 46.2 Å². The molecule has 0 bridgehead atoms. The van der Waals surface area contributed by atoms with Crippen molar-refractivity contribution < 1.29 is 0 Å². The van der Waals surface area contributed by atoms with Gasteiger partial charge < -0.3 is 15.2 Å². The third-order valence-electron chi connectivity index (χ3n) is 4.18. The van der Waals surface area contributed by atoms with E-state index in [2.05, 4.69) is 33.7 Å². The van der Waals surface area contributed by atoms with Crippen LogP contribution in [0.15, 0.2) is 40.2 Å². The monoisotopic (exact) mass is 486 g/mol. The number of pyridine rings is 1. The van der Waals surface area contributed by atoms with Gasteiger partial charge in [0.2, 0.25) is 5.56 Å². The topological polar surface area (TPSA) is 76.2 Å². The number of guanidine groups is 1. The fourth-order valence-corrected chi connectivity index (χ4v) is 2.82. The predicted octanol–water partition coefficient (Wildman–Crippen LogP) is 2.32. The zero-order chi connectivity index (χ0) is 18.8.